The van der Waals surface area contributed by atoms with Crippen molar-refractivity contribution < 1.29 is 18.7 Å². The molecule has 0 spiro atoms. The fraction of sp³-hybridized carbons (Fsp3) is 0.364. The zero-order valence-electron chi connectivity index (χ0n) is 8.77. The van der Waals surface area contributed by atoms with Gasteiger partial charge in [-0.05, 0) is 31.9 Å². The maximum Gasteiger partial charge on any atom is 0.310 e. The third kappa shape index (κ3) is 1.98. The van der Waals surface area contributed by atoms with Crippen molar-refractivity contribution in [3.63, 3.8) is 0 Å². The van der Waals surface area contributed by atoms with Crippen LogP contribution in [-0.2, 0) is 4.79 Å². The average molecular weight is 214 g/mol. The van der Waals surface area contributed by atoms with Crippen molar-refractivity contribution >= 4 is 5.97 Å². The molecule has 82 valence electrons. The predicted octanol–water partition coefficient (Wildman–Crippen LogP) is 2.77. The molecule has 0 amide bonds. The van der Waals surface area contributed by atoms with Crippen molar-refractivity contribution in [3.05, 3.63) is 34.4 Å². The summed E-state index contributed by atoms with van der Waals surface area (Å²) in [5.74, 6) is -3.96. The second kappa shape index (κ2) is 3.96. The normalized spacial score (nSPS) is 12.6. The van der Waals surface area contributed by atoms with Gasteiger partial charge in [-0.1, -0.05) is 6.07 Å². The van der Waals surface area contributed by atoms with E-state index in [9.17, 15) is 13.6 Å². The van der Waals surface area contributed by atoms with E-state index in [0.29, 0.717) is 0 Å². The van der Waals surface area contributed by atoms with Gasteiger partial charge in [0.15, 0.2) is 0 Å². The van der Waals surface area contributed by atoms with Crippen molar-refractivity contribution in [2.75, 3.05) is 0 Å². The summed E-state index contributed by atoms with van der Waals surface area (Å²) in [5, 5.41) is 8.73. The highest BCUT2D eigenvalue weighted by Crippen LogP contribution is 2.27. The first-order chi connectivity index (χ1) is 6.86. The van der Waals surface area contributed by atoms with Gasteiger partial charge in [0, 0.05) is 5.56 Å². The number of benzene rings is 1. The zero-order chi connectivity index (χ0) is 11.7. The molecule has 0 bridgehead atoms. The Bertz CT molecular complexity index is 387. The van der Waals surface area contributed by atoms with Crippen LogP contribution in [0.15, 0.2) is 6.07 Å². The molecule has 0 radical (unpaired) electrons. The third-order valence-corrected chi connectivity index (χ3v) is 2.40. The summed E-state index contributed by atoms with van der Waals surface area (Å²) in [7, 11) is 0. The van der Waals surface area contributed by atoms with Crippen LogP contribution in [0.3, 0.4) is 0 Å². The van der Waals surface area contributed by atoms with E-state index in [1.165, 1.54) is 26.8 Å². The summed E-state index contributed by atoms with van der Waals surface area (Å²) in [6.07, 6.45) is 0. The van der Waals surface area contributed by atoms with E-state index >= 15 is 0 Å². The van der Waals surface area contributed by atoms with Gasteiger partial charge in [-0.2, -0.15) is 0 Å². The van der Waals surface area contributed by atoms with Crippen LogP contribution in [0.2, 0.25) is 0 Å². The average Bonchev–Trinajstić information content (AvgIpc) is 2.15. The Morgan fingerprint density at radius 2 is 1.67 bits per heavy atom. The van der Waals surface area contributed by atoms with Crippen LogP contribution in [0.1, 0.15) is 29.5 Å². The maximum atomic E-state index is 13.5. The molecule has 1 aromatic carbocycles. The Balaban J connectivity index is 3.45. The summed E-state index contributed by atoms with van der Waals surface area (Å²) in [6, 6.07) is 1.36. The van der Waals surface area contributed by atoms with Crippen LogP contribution in [0.25, 0.3) is 0 Å². The van der Waals surface area contributed by atoms with Gasteiger partial charge >= 0.3 is 5.97 Å². The smallest absolute Gasteiger partial charge is 0.310 e. The Kier molecular flexibility index (Phi) is 3.07. The summed E-state index contributed by atoms with van der Waals surface area (Å²) >= 11 is 0. The lowest BCUT2D eigenvalue weighted by atomic mass is 9.95. The standard InChI is InChI=1S/C11H12F2O2/c1-5-4-6(2)10(13)8(9(5)12)7(3)11(14)15/h4,7H,1-3H3,(H,14,15). The Hall–Kier alpha value is -1.45. The molecular weight excluding hydrogens is 202 g/mol. The second-order valence-electron chi connectivity index (χ2n) is 3.61. The van der Waals surface area contributed by atoms with E-state index in [0.717, 1.165) is 0 Å². The first-order valence-electron chi connectivity index (χ1n) is 4.54. The minimum Gasteiger partial charge on any atom is -0.481 e. The van der Waals surface area contributed by atoms with E-state index in [-0.39, 0.29) is 16.7 Å². The fourth-order valence-corrected chi connectivity index (χ4v) is 1.48. The van der Waals surface area contributed by atoms with Crippen molar-refractivity contribution in [1.82, 2.24) is 0 Å². The van der Waals surface area contributed by atoms with Crippen LogP contribution in [-0.4, -0.2) is 11.1 Å². The van der Waals surface area contributed by atoms with Crippen molar-refractivity contribution in [3.8, 4) is 0 Å². The van der Waals surface area contributed by atoms with Crippen molar-refractivity contribution in [2.45, 2.75) is 26.7 Å². The van der Waals surface area contributed by atoms with Crippen LogP contribution < -0.4 is 0 Å². The lowest BCUT2D eigenvalue weighted by molar-refractivity contribution is -0.138. The van der Waals surface area contributed by atoms with Gasteiger partial charge in [-0.3, -0.25) is 4.79 Å². The molecule has 1 atom stereocenters. The fourth-order valence-electron chi connectivity index (χ4n) is 1.48. The Morgan fingerprint density at radius 3 is 2.00 bits per heavy atom. The largest absolute Gasteiger partial charge is 0.481 e. The summed E-state index contributed by atoms with van der Waals surface area (Å²) in [4.78, 5) is 10.7. The van der Waals surface area contributed by atoms with Gasteiger partial charge in [-0.25, -0.2) is 8.78 Å². The molecule has 1 rings (SSSR count). The van der Waals surface area contributed by atoms with Crippen molar-refractivity contribution in [2.24, 2.45) is 0 Å². The molecule has 0 aliphatic heterocycles. The van der Waals surface area contributed by atoms with Gasteiger partial charge < -0.3 is 5.11 Å². The van der Waals surface area contributed by atoms with E-state index in [2.05, 4.69) is 0 Å². The van der Waals surface area contributed by atoms with Crippen LogP contribution >= 0.6 is 0 Å². The van der Waals surface area contributed by atoms with Crippen LogP contribution in [0, 0.1) is 25.5 Å². The molecular formula is C11H12F2O2. The highest BCUT2D eigenvalue weighted by atomic mass is 19.1. The van der Waals surface area contributed by atoms with E-state index in [4.69, 9.17) is 5.11 Å². The zero-order valence-corrected chi connectivity index (χ0v) is 8.77. The molecule has 15 heavy (non-hydrogen) atoms. The molecule has 1 unspecified atom stereocenters. The topological polar surface area (TPSA) is 37.3 Å². The molecule has 1 N–H and O–H groups in total. The number of carboxylic acid groups (broad SMARTS) is 1. The number of aliphatic carboxylic acids is 1. The molecule has 0 fully saturated rings. The van der Waals surface area contributed by atoms with E-state index < -0.39 is 23.5 Å². The van der Waals surface area contributed by atoms with Gasteiger partial charge in [0.2, 0.25) is 0 Å². The van der Waals surface area contributed by atoms with E-state index in [1.54, 1.807) is 0 Å². The number of rotatable bonds is 2. The number of carboxylic acids is 1. The summed E-state index contributed by atoms with van der Waals surface area (Å²) in [5.41, 5.74) is 0.161. The summed E-state index contributed by atoms with van der Waals surface area (Å²) in [6.45, 7) is 4.24. The first-order valence-corrected chi connectivity index (χ1v) is 4.54. The Morgan fingerprint density at radius 1 is 1.27 bits per heavy atom. The molecule has 0 saturated heterocycles. The number of halogens is 2. The number of carbonyl (C=O) groups is 1. The minimum atomic E-state index is -1.24. The number of hydrogen-bond donors (Lipinski definition) is 1. The molecule has 1 aromatic rings. The maximum absolute atomic E-state index is 13.5. The highest BCUT2D eigenvalue weighted by molar-refractivity contribution is 5.76. The molecule has 0 heterocycles. The van der Waals surface area contributed by atoms with Crippen LogP contribution in [0.5, 0.6) is 0 Å². The lowest BCUT2D eigenvalue weighted by Gasteiger charge is -2.13. The Labute approximate surface area is 86.5 Å². The molecule has 0 aromatic heterocycles. The van der Waals surface area contributed by atoms with E-state index in [1.807, 2.05) is 0 Å². The molecule has 0 saturated carbocycles. The quantitative estimate of drug-likeness (QED) is 0.821. The minimum absolute atomic E-state index is 0.261. The number of aryl methyl sites for hydroxylation is 2. The summed E-state index contributed by atoms with van der Waals surface area (Å²) < 4.78 is 27.1. The highest BCUT2D eigenvalue weighted by Gasteiger charge is 2.24. The number of hydrogen-bond acceptors (Lipinski definition) is 1. The first kappa shape index (κ1) is 11.6. The predicted molar refractivity (Wildman–Crippen MR) is 51.9 cm³/mol. The molecule has 0 aliphatic rings. The second-order valence-corrected chi connectivity index (χ2v) is 3.61. The van der Waals surface area contributed by atoms with Crippen LogP contribution in [0.4, 0.5) is 8.78 Å². The van der Waals surface area contributed by atoms with Gasteiger partial charge in [0.05, 0.1) is 5.92 Å². The molecule has 0 aliphatic carbocycles. The third-order valence-electron chi connectivity index (χ3n) is 2.40. The van der Waals surface area contributed by atoms with Gasteiger partial charge in [-0.15, -0.1) is 0 Å². The van der Waals surface area contributed by atoms with Gasteiger partial charge in [0.25, 0.3) is 0 Å². The SMILES string of the molecule is Cc1cc(C)c(F)c(C(C)C(=O)O)c1F. The molecule has 4 heteroatoms. The lowest BCUT2D eigenvalue weighted by Crippen LogP contribution is -2.13. The molecule has 2 nitrogen and oxygen atoms in total. The monoisotopic (exact) mass is 214 g/mol. The van der Waals surface area contributed by atoms with Crippen molar-refractivity contribution in [1.29, 1.82) is 0 Å². The van der Waals surface area contributed by atoms with Gasteiger partial charge in [0.1, 0.15) is 11.6 Å².